The molecule has 0 fully saturated rings. The van der Waals surface area contributed by atoms with Crippen LogP contribution >= 0.6 is 0 Å². The first-order valence-corrected chi connectivity index (χ1v) is 32.7. The van der Waals surface area contributed by atoms with E-state index in [0.29, 0.717) is 19.3 Å². The Kier molecular flexibility index (Phi) is 61.8. The van der Waals surface area contributed by atoms with Crippen LogP contribution in [0.25, 0.3) is 0 Å². The first-order chi connectivity index (χ1) is 38.0. The molecule has 0 aliphatic rings. The highest BCUT2D eigenvalue weighted by molar-refractivity contribution is 5.71. The van der Waals surface area contributed by atoms with Crippen molar-refractivity contribution in [2.75, 3.05) is 13.2 Å². The summed E-state index contributed by atoms with van der Waals surface area (Å²) >= 11 is 0. The summed E-state index contributed by atoms with van der Waals surface area (Å²) in [5.74, 6) is -0.959. The van der Waals surface area contributed by atoms with E-state index in [1.54, 1.807) is 0 Å². The van der Waals surface area contributed by atoms with Crippen molar-refractivity contribution in [2.24, 2.45) is 0 Å². The van der Waals surface area contributed by atoms with Gasteiger partial charge in [-0.1, -0.05) is 279 Å². The Morgan fingerprint density at radius 3 is 0.870 bits per heavy atom. The Bertz CT molecular complexity index is 1510. The third-order valence-corrected chi connectivity index (χ3v) is 14.0. The van der Waals surface area contributed by atoms with Gasteiger partial charge < -0.3 is 14.2 Å². The molecule has 0 heterocycles. The summed E-state index contributed by atoms with van der Waals surface area (Å²) in [7, 11) is 0. The molecule has 0 radical (unpaired) electrons. The minimum absolute atomic E-state index is 0.102. The van der Waals surface area contributed by atoms with Gasteiger partial charge in [0.2, 0.25) is 0 Å². The van der Waals surface area contributed by atoms with Crippen LogP contribution in [0.5, 0.6) is 0 Å². The topological polar surface area (TPSA) is 78.9 Å². The Labute approximate surface area is 477 Å². The summed E-state index contributed by atoms with van der Waals surface area (Å²) in [4.78, 5) is 38.3. The summed E-state index contributed by atoms with van der Waals surface area (Å²) in [6.45, 7) is 6.48. The van der Waals surface area contributed by atoms with E-state index >= 15 is 0 Å². The second-order valence-electron chi connectivity index (χ2n) is 21.6. The maximum Gasteiger partial charge on any atom is 0.306 e. The van der Waals surface area contributed by atoms with E-state index in [4.69, 9.17) is 14.2 Å². The molecule has 0 N–H and O–H groups in total. The van der Waals surface area contributed by atoms with Gasteiger partial charge in [0.25, 0.3) is 0 Å². The first-order valence-electron chi connectivity index (χ1n) is 32.7. The smallest absolute Gasteiger partial charge is 0.306 e. The Balaban J connectivity index is 4.38. The van der Waals surface area contributed by atoms with Gasteiger partial charge in [-0.25, -0.2) is 0 Å². The van der Waals surface area contributed by atoms with Crippen LogP contribution in [-0.2, 0) is 28.6 Å². The quantitative estimate of drug-likeness (QED) is 0.0261. The maximum atomic E-state index is 12.9. The predicted molar refractivity (Wildman–Crippen MR) is 334 cm³/mol. The first kappa shape index (κ1) is 73.3. The van der Waals surface area contributed by atoms with Crippen LogP contribution in [0.1, 0.15) is 316 Å². The number of unbranched alkanes of at least 4 members (excludes halogenated alkanes) is 32. The Hall–Kier alpha value is -3.67. The van der Waals surface area contributed by atoms with E-state index in [0.717, 1.165) is 89.9 Å². The molecule has 0 amide bonds. The summed E-state index contributed by atoms with van der Waals surface area (Å²) in [6.07, 6.45) is 87.1. The van der Waals surface area contributed by atoms with Gasteiger partial charge in [0.05, 0.1) is 0 Å². The Morgan fingerprint density at radius 1 is 0.273 bits per heavy atom. The lowest BCUT2D eigenvalue weighted by Gasteiger charge is -2.18. The number of carbonyl (C=O) groups is 3. The van der Waals surface area contributed by atoms with Crippen molar-refractivity contribution in [3.8, 4) is 0 Å². The molecule has 0 rings (SSSR count). The van der Waals surface area contributed by atoms with Crippen LogP contribution < -0.4 is 0 Å². The van der Waals surface area contributed by atoms with Crippen LogP contribution in [0.3, 0.4) is 0 Å². The van der Waals surface area contributed by atoms with Crippen LogP contribution in [-0.4, -0.2) is 37.2 Å². The molecular formula is C71H122O6. The van der Waals surface area contributed by atoms with Gasteiger partial charge in [-0.3, -0.25) is 14.4 Å². The fraction of sp³-hybridized carbons (Fsp3) is 0.732. The second kappa shape index (κ2) is 64.9. The molecule has 0 spiro atoms. The van der Waals surface area contributed by atoms with Crippen molar-refractivity contribution in [2.45, 2.75) is 322 Å². The minimum Gasteiger partial charge on any atom is -0.462 e. The van der Waals surface area contributed by atoms with Gasteiger partial charge in [-0.05, 0) is 116 Å². The Morgan fingerprint density at radius 2 is 0.519 bits per heavy atom. The highest BCUT2D eigenvalue weighted by atomic mass is 16.6. The van der Waals surface area contributed by atoms with Crippen LogP contribution in [0.2, 0.25) is 0 Å². The van der Waals surface area contributed by atoms with Gasteiger partial charge in [0.1, 0.15) is 13.2 Å². The number of ether oxygens (including phenoxy) is 3. The lowest BCUT2D eigenvalue weighted by molar-refractivity contribution is -0.167. The third kappa shape index (κ3) is 63.0. The maximum absolute atomic E-state index is 12.9. The van der Waals surface area contributed by atoms with Gasteiger partial charge >= 0.3 is 17.9 Å². The molecule has 0 bridgehead atoms. The normalized spacial score (nSPS) is 12.7. The molecule has 0 aliphatic heterocycles. The SMILES string of the molecule is CC/C=C\C/C=C\C/C=C\C/C=C\C/C=C\CCCC(=O)OC(COC(=O)CCCCCCCCC/C=C\C/C=C\CCCCC)COC(=O)CCCCCCCCCCCCCCC/C=C\CCCCCCCCCC. The molecule has 6 heteroatoms. The number of hydrogen-bond acceptors (Lipinski definition) is 6. The van der Waals surface area contributed by atoms with Crippen molar-refractivity contribution in [3.05, 3.63) is 97.2 Å². The average molecular weight is 1070 g/mol. The minimum atomic E-state index is -0.813. The monoisotopic (exact) mass is 1070 g/mol. The molecule has 0 saturated heterocycles. The number of allylic oxidation sites excluding steroid dienone is 16. The molecule has 442 valence electrons. The number of esters is 3. The van der Waals surface area contributed by atoms with E-state index in [9.17, 15) is 14.4 Å². The van der Waals surface area contributed by atoms with E-state index < -0.39 is 6.10 Å². The van der Waals surface area contributed by atoms with Crippen LogP contribution in [0.15, 0.2) is 97.2 Å². The van der Waals surface area contributed by atoms with Crippen molar-refractivity contribution < 1.29 is 28.6 Å². The van der Waals surface area contributed by atoms with Crippen molar-refractivity contribution in [1.82, 2.24) is 0 Å². The summed E-state index contributed by atoms with van der Waals surface area (Å²) in [5.41, 5.74) is 0. The highest BCUT2D eigenvalue weighted by Crippen LogP contribution is 2.16. The van der Waals surface area contributed by atoms with Crippen molar-refractivity contribution in [1.29, 1.82) is 0 Å². The summed E-state index contributed by atoms with van der Waals surface area (Å²) in [6, 6.07) is 0. The predicted octanol–water partition coefficient (Wildman–Crippen LogP) is 22.4. The van der Waals surface area contributed by atoms with Gasteiger partial charge in [0, 0.05) is 19.3 Å². The summed E-state index contributed by atoms with van der Waals surface area (Å²) < 4.78 is 16.9. The van der Waals surface area contributed by atoms with Gasteiger partial charge in [-0.15, -0.1) is 0 Å². The van der Waals surface area contributed by atoms with Crippen molar-refractivity contribution >= 4 is 17.9 Å². The van der Waals surface area contributed by atoms with Crippen molar-refractivity contribution in [3.63, 3.8) is 0 Å². The number of carbonyl (C=O) groups excluding carboxylic acids is 3. The molecule has 0 aromatic heterocycles. The molecule has 0 saturated carbocycles. The average Bonchev–Trinajstić information content (AvgIpc) is 3.43. The zero-order chi connectivity index (χ0) is 55.7. The fourth-order valence-electron chi connectivity index (χ4n) is 9.15. The van der Waals surface area contributed by atoms with Gasteiger partial charge in [0.15, 0.2) is 6.10 Å². The molecular weight excluding hydrogens is 949 g/mol. The lowest BCUT2D eigenvalue weighted by Crippen LogP contribution is -2.30. The zero-order valence-corrected chi connectivity index (χ0v) is 50.7. The second-order valence-corrected chi connectivity index (χ2v) is 21.6. The zero-order valence-electron chi connectivity index (χ0n) is 50.7. The molecule has 1 atom stereocenters. The molecule has 77 heavy (non-hydrogen) atoms. The highest BCUT2D eigenvalue weighted by Gasteiger charge is 2.19. The number of rotatable bonds is 59. The summed E-state index contributed by atoms with van der Waals surface area (Å²) in [5, 5.41) is 0. The fourth-order valence-corrected chi connectivity index (χ4v) is 9.15. The third-order valence-electron chi connectivity index (χ3n) is 14.0. The van der Waals surface area contributed by atoms with Crippen LogP contribution in [0, 0.1) is 0 Å². The molecule has 1 unspecified atom stereocenters. The molecule has 0 aromatic carbocycles. The van der Waals surface area contributed by atoms with Gasteiger partial charge in [-0.2, -0.15) is 0 Å². The largest absolute Gasteiger partial charge is 0.462 e. The molecule has 6 nitrogen and oxygen atoms in total. The van der Waals surface area contributed by atoms with Crippen LogP contribution in [0.4, 0.5) is 0 Å². The van der Waals surface area contributed by atoms with E-state index in [1.807, 2.05) is 0 Å². The van der Waals surface area contributed by atoms with E-state index in [1.165, 1.54) is 180 Å². The standard InChI is InChI=1S/C71H122O6/c1-4-7-10-13-16-19-22-25-28-31-32-33-34-35-36-37-38-41-43-46-49-52-55-58-61-64-70(73)76-67-68(77-71(74)65-62-59-56-53-50-47-44-40-30-27-24-21-18-15-12-9-6-3)66-75-69(72)63-60-57-54-51-48-45-42-39-29-26-23-20-17-14-11-8-5-2/h9,12,17-18,20-21,26-27,29-32,44,47,53,56,68H,4-8,10-11,13-16,19,22-25,28,33-43,45-46,48-52,54-55,57-67H2,1-3H3/b12-9-,20-17-,21-18-,29-26-,30-27-,32-31-,47-44-,56-53-. The van der Waals surface area contributed by atoms with E-state index in [-0.39, 0.29) is 37.5 Å². The lowest BCUT2D eigenvalue weighted by atomic mass is 10.0. The number of hydrogen-bond donors (Lipinski definition) is 0. The molecule has 0 aromatic rings. The molecule has 0 aliphatic carbocycles. The van der Waals surface area contributed by atoms with E-state index in [2.05, 4.69) is 118 Å².